The number of benzene rings is 1. The molecule has 0 aliphatic carbocycles. The van der Waals surface area contributed by atoms with Gasteiger partial charge in [-0.05, 0) is 43.2 Å². The minimum Gasteiger partial charge on any atom is -0.504 e. The Morgan fingerprint density at radius 1 is 1.30 bits per heavy atom. The Morgan fingerprint density at radius 3 is 2.91 bits per heavy atom. The van der Waals surface area contributed by atoms with Gasteiger partial charge in [0.25, 0.3) is 0 Å². The van der Waals surface area contributed by atoms with Gasteiger partial charge in [-0.15, -0.1) is 11.3 Å². The first-order chi connectivity index (χ1) is 11.1. The Bertz CT molecular complexity index is 889. The summed E-state index contributed by atoms with van der Waals surface area (Å²) in [6.07, 6.45) is 3.17. The molecule has 0 atom stereocenters. The summed E-state index contributed by atoms with van der Waals surface area (Å²) in [7, 11) is 1.51. The van der Waals surface area contributed by atoms with E-state index in [1.165, 1.54) is 18.3 Å². The summed E-state index contributed by atoms with van der Waals surface area (Å²) in [6, 6.07) is 5.02. The van der Waals surface area contributed by atoms with Crippen molar-refractivity contribution in [3.63, 3.8) is 0 Å². The highest BCUT2D eigenvalue weighted by molar-refractivity contribution is 7.18. The molecule has 0 bridgehead atoms. The van der Waals surface area contributed by atoms with Crippen molar-refractivity contribution in [3.05, 3.63) is 40.5 Å². The van der Waals surface area contributed by atoms with Crippen molar-refractivity contribution in [2.24, 2.45) is 5.10 Å². The lowest BCUT2D eigenvalue weighted by molar-refractivity contribution is 0.373. The Morgan fingerprint density at radius 2 is 2.13 bits per heavy atom. The molecule has 7 heteroatoms. The molecule has 0 unspecified atom stereocenters. The fourth-order valence-electron chi connectivity index (χ4n) is 2.21. The van der Waals surface area contributed by atoms with Crippen LogP contribution < -0.4 is 10.2 Å². The van der Waals surface area contributed by atoms with E-state index in [-0.39, 0.29) is 5.75 Å². The average molecular weight is 328 g/mol. The lowest BCUT2D eigenvalue weighted by Crippen LogP contribution is -1.96. The molecule has 0 radical (unpaired) electrons. The molecule has 2 heterocycles. The topological polar surface area (TPSA) is 79.6 Å². The molecule has 0 amide bonds. The largest absolute Gasteiger partial charge is 0.504 e. The number of methoxy groups -OCH3 is 1. The third-order valence-electron chi connectivity index (χ3n) is 3.55. The minimum atomic E-state index is 0.0968. The monoisotopic (exact) mass is 328 g/mol. The molecule has 3 rings (SSSR count). The molecule has 6 nitrogen and oxygen atoms in total. The van der Waals surface area contributed by atoms with Gasteiger partial charge in [0.2, 0.25) is 0 Å². The smallest absolute Gasteiger partial charge is 0.161 e. The van der Waals surface area contributed by atoms with Crippen LogP contribution in [0, 0.1) is 13.8 Å². The molecule has 2 N–H and O–H groups in total. The number of ether oxygens (including phenoxy) is 1. The molecule has 0 aliphatic rings. The summed E-state index contributed by atoms with van der Waals surface area (Å²) in [5, 5.41) is 14.8. The second kappa shape index (κ2) is 6.21. The number of fused-ring (bicyclic) bond motifs is 1. The predicted molar refractivity (Wildman–Crippen MR) is 92.8 cm³/mol. The van der Waals surface area contributed by atoms with Crippen LogP contribution in [0.4, 0.5) is 5.82 Å². The van der Waals surface area contributed by atoms with Crippen LogP contribution in [-0.4, -0.2) is 28.4 Å². The van der Waals surface area contributed by atoms with Crippen LogP contribution in [0.15, 0.2) is 29.6 Å². The van der Waals surface area contributed by atoms with Crippen molar-refractivity contribution in [2.45, 2.75) is 13.8 Å². The van der Waals surface area contributed by atoms with Crippen LogP contribution in [0.25, 0.3) is 10.2 Å². The average Bonchev–Trinajstić information content (AvgIpc) is 2.84. The SMILES string of the molecule is COc1cc(/C=N/Nc2ncnc3sc(C)c(C)c23)ccc1O. The Balaban J connectivity index is 1.86. The molecule has 1 aromatic carbocycles. The standard InChI is InChI=1S/C16H16N4O2S/c1-9-10(2)23-16-14(9)15(17-8-18-16)20-19-7-11-4-5-12(21)13(6-11)22-3/h4-8,21H,1-3H3,(H,17,18,20)/b19-7+. The van der Waals surface area contributed by atoms with Crippen LogP contribution in [0.3, 0.4) is 0 Å². The fourth-order valence-corrected chi connectivity index (χ4v) is 3.21. The van der Waals surface area contributed by atoms with Crippen molar-refractivity contribution >= 4 is 33.6 Å². The zero-order valence-electron chi connectivity index (χ0n) is 13.0. The van der Waals surface area contributed by atoms with Gasteiger partial charge in [-0.2, -0.15) is 5.10 Å². The van der Waals surface area contributed by atoms with Gasteiger partial charge in [0, 0.05) is 4.88 Å². The van der Waals surface area contributed by atoms with E-state index in [0.717, 1.165) is 21.3 Å². The normalized spacial score (nSPS) is 11.3. The van der Waals surface area contributed by atoms with Gasteiger partial charge in [0.05, 0.1) is 18.7 Å². The second-order valence-electron chi connectivity index (χ2n) is 4.99. The van der Waals surface area contributed by atoms with E-state index in [2.05, 4.69) is 34.3 Å². The highest BCUT2D eigenvalue weighted by atomic mass is 32.1. The molecular weight excluding hydrogens is 312 g/mol. The number of hydrogen-bond donors (Lipinski definition) is 2. The molecular formula is C16H16N4O2S. The number of aryl methyl sites for hydroxylation is 2. The van der Waals surface area contributed by atoms with E-state index in [4.69, 9.17) is 4.74 Å². The van der Waals surface area contributed by atoms with Crippen LogP contribution in [0.1, 0.15) is 16.0 Å². The lowest BCUT2D eigenvalue weighted by Gasteiger charge is -2.04. The number of aromatic nitrogens is 2. The molecule has 23 heavy (non-hydrogen) atoms. The van der Waals surface area contributed by atoms with Crippen molar-refractivity contribution in [1.82, 2.24) is 9.97 Å². The van der Waals surface area contributed by atoms with Gasteiger partial charge in [-0.25, -0.2) is 9.97 Å². The summed E-state index contributed by atoms with van der Waals surface area (Å²) >= 11 is 1.64. The van der Waals surface area contributed by atoms with Gasteiger partial charge in [0.1, 0.15) is 11.2 Å². The first kappa shape index (κ1) is 15.2. The van der Waals surface area contributed by atoms with Crippen molar-refractivity contribution < 1.29 is 9.84 Å². The molecule has 3 aromatic rings. The molecule has 0 saturated carbocycles. The van der Waals surface area contributed by atoms with Gasteiger partial charge in [-0.1, -0.05) is 0 Å². The fraction of sp³-hybridized carbons (Fsp3) is 0.188. The second-order valence-corrected chi connectivity index (χ2v) is 6.19. The van der Waals surface area contributed by atoms with Gasteiger partial charge >= 0.3 is 0 Å². The highest BCUT2D eigenvalue weighted by Gasteiger charge is 2.11. The summed E-state index contributed by atoms with van der Waals surface area (Å²) < 4.78 is 5.08. The van der Waals surface area contributed by atoms with Crippen LogP contribution in [-0.2, 0) is 0 Å². The van der Waals surface area contributed by atoms with Gasteiger partial charge in [-0.3, -0.25) is 5.43 Å². The molecule has 0 aliphatic heterocycles. The third kappa shape index (κ3) is 2.95. The summed E-state index contributed by atoms with van der Waals surface area (Å²) in [4.78, 5) is 10.7. The maximum atomic E-state index is 9.59. The van der Waals surface area contributed by atoms with Crippen molar-refractivity contribution in [2.75, 3.05) is 12.5 Å². The van der Waals surface area contributed by atoms with E-state index in [1.54, 1.807) is 35.8 Å². The Kier molecular flexibility index (Phi) is 4.12. The summed E-state index contributed by atoms with van der Waals surface area (Å²) in [5.41, 5.74) is 4.93. The quantitative estimate of drug-likeness (QED) is 0.566. The first-order valence-electron chi connectivity index (χ1n) is 6.97. The van der Waals surface area contributed by atoms with E-state index >= 15 is 0 Å². The lowest BCUT2D eigenvalue weighted by atomic mass is 10.2. The van der Waals surface area contributed by atoms with Crippen molar-refractivity contribution in [1.29, 1.82) is 0 Å². The molecule has 0 spiro atoms. The zero-order valence-corrected chi connectivity index (χ0v) is 13.8. The van der Waals surface area contributed by atoms with E-state index < -0.39 is 0 Å². The third-order valence-corrected chi connectivity index (χ3v) is 4.67. The van der Waals surface area contributed by atoms with E-state index in [9.17, 15) is 5.11 Å². The number of phenolic OH excluding ortho intramolecular Hbond substituents is 1. The molecule has 0 fully saturated rings. The highest BCUT2D eigenvalue weighted by Crippen LogP contribution is 2.32. The number of hydrogen-bond acceptors (Lipinski definition) is 7. The van der Waals surface area contributed by atoms with E-state index in [1.807, 2.05) is 0 Å². The number of nitrogens with one attached hydrogen (secondary N) is 1. The first-order valence-corrected chi connectivity index (χ1v) is 7.78. The number of nitrogens with zero attached hydrogens (tertiary/aromatic N) is 3. The van der Waals surface area contributed by atoms with Gasteiger partial charge in [0.15, 0.2) is 17.3 Å². The number of thiophene rings is 1. The number of rotatable bonds is 4. The molecule has 2 aromatic heterocycles. The van der Waals surface area contributed by atoms with Crippen LogP contribution in [0.5, 0.6) is 11.5 Å². The van der Waals surface area contributed by atoms with Gasteiger partial charge < -0.3 is 9.84 Å². The number of hydrazone groups is 1. The maximum absolute atomic E-state index is 9.59. The molecule has 118 valence electrons. The Labute approximate surface area is 137 Å². The van der Waals surface area contributed by atoms with Crippen molar-refractivity contribution in [3.8, 4) is 11.5 Å². The van der Waals surface area contributed by atoms with Crippen LogP contribution in [0.2, 0.25) is 0 Å². The maximum Gasteiger partial charge on any atom is 0.161 e. The molecule has 0 saturated heterocycles. The van der Waals surface area contributed by atoms with E-state index in [0.29, 0.717) is 11.6 Å². The predicted octanol–water partition coefficient (Wildman–Crippen LogP) is 3.47. The van der Waals surface area contributed by atoms with Crippen LogP contribution >= 0.6 is 11.3 Å². The summed E-state index contributed by atoms with van der Waals surface area (Å²) in [6.45, 7) is 4.12. The zero-order chi connectivity index (χ0) is 16.4. The Hall–Kier alpha value is -2.67. The summed E-state index contributed by atoms with van der Waals surface area (Å²) in [5.74, 6) is 1.18. The minimum absolute atomic E-state index is 0.0968. The number of anilines is 1. The number of phenols is 1. The number of aromatic hydroxyl groups is 1.